The minimum Gasteiger partial charge on any atom is -0.470 e. The lowest BCUT2D eigenvalue weighted by atomic mass is 9.83. The molecule has 9 nitrogen and oxygen atoms in total. The molecular formula is C25H26N6O3. The number of aliphatic hydroxyl groups excluding tert-OH is 1. The van der Waals surface area contributed by atoms with Crippen LogP contribution in [0.4, 0.5) is 17.3 Å². The fraction of sp³-hybridized carbons (Fsp3) is 0.360. The van der Waals surface area contributed by atoms with E-state index in [-0.39, 0.29) is 12.7 Å². The van der Waals surface area contributed by atoms with E-state index in [9.17, 15) is 10.4 Å². The first-order chi connectivity index (χ1) is 16.6. The zero-order valence-electron chi connectivity index (χ0n) is 18.9. The summed E-state index contributed by atoms with van der Waals surface area (Å²) in [5.41, 5.74) is 3.86. The summed E-state index contributed by atoms with van der Waals surface area (Å²) in [6.45, 7) is 3.84. The molecule has 0 spiro atoms. The van der Waals surface area contributed by atoms with Crippen LogP contribution in [0.25, 0.3) is 11.3 Å². The lowest BCUT2D eigenvalue weighted by molar-refractivity contribution is 0.00585. The van der Waals surface area contributed by atoms with Crippen molar-refractivity contribution in [1.82, 2.24) is 15.0 Å². The molecule has 3 aromatic rings. The molecule has 5 rings (SSSR count). The van der Waals surface area contributed by atoms with Gasteiger partial charge in [0.1, 0.15) is 17.9 Å². The molecule has 3 N–H and O–H groups in total. The van der Waals surface area contributed by atoms with Crippen LogP contribution >= 0.6 is 0 Å². The van der Waals surface area contributed by atoms with Crippen LogP contribution < -0.4 is 15.4 Å². The Morgan fingerprint density at radius 2 is 2.24 bits per heavy atom. The maximum atomic E-state index is 9.96. The highest BCUT2D eigenvalue weighted by molar-refractivity contribution is 5.76. The van der Waals surface area contributed by atoms with E-state index >= 15 is 0 Å². The molecule has 174 valence electrons. The summed E-state index contributed by atoms with van der Waals surface area (Å²) in [5.74, 6) is 0.860. The maximum Gasteiger partial charge on any atom is 0.238 e. The van der Waals surface area contributed by atoms with Crippen molar-refractivity contribution in [1.29, 1.82) is 5.26 Å². The number of aliphatic hydroxyl groups is 1. The molecular weight excluding hydrogens is 432 g/mol. The molecule has 2 aliphatic rings. The predicted octanol–water partition coefficient (Wildman–Crippen LogP) is 3.39. The molecule has 0 aliphatic carbocycles. The quantitative estimate of drug-likeness (QED) is 0.510. The summed E-state index contributed by atoms with van der Waals surface area (Å²) in [7, 11) is 0. The topological polar surface area (TPSA) is 125 Å². The van der Waals surface area contributed by atoms with Crippen molar-refractivity contribution in [3.8, 4) is 23.2 Å². The number of ether oxygens (including phenoxy) is 2. The monoisotopic (exact) mass is 458 g/mol. The van der Waals surface area contributed by atoms with Crippen LogP contribution in [0.2, 0.25) is 0 Å². The summed E-state index contributed by atoms with van der Waals surface area (Å²) >= 11 is 0. The van der Waals surface area contributed by atoms with Crippen LogP contribution in [0.3, 0.4) is 0 Å². The second-order valence-electron chi connectivity index (χ2n) is 8.83. The van der Waals surface area contributed by atoms with Crippen LogP contribution in [0, 0.1) is 11.3 Å². The first-order valence-electron chi connectivity index (χ1n) is 11.3. The van der Waals surface area contributed by atoms with Gasteiger partial charge in [-0.2, -0.15) is 5.26 Å². The zero-order valence-corrected chi connectivity index (χ0v) is 18.9. The number of hydrogen-bond donors (Lipinski definition) is 3. The van der Waals surface area contributed by atoms with Gasteiger partial charge < -0.3 is 25.2 Å². The number of aromatic nitrogens is 3. The Bertz CT molecular complexity index is 1240. The van der Waals surface area contributed by atoms with Crippen LogP contribution in [0.1, 0.15) is 30.9 Å². The molecule has 0 bridgehead atoms. The van der Waals surface area contributed by atoms with Crippen molar-refractivity contribution >= 4 is 17.3 Å². The van der Waals surface area contributed by atoms with E-state index in [1.165, 1.54) is 0 Å². The summed E-state index contributed by atoms with van der Waals surface area (Å²) < 4.78 is 11.6. The van der Waals surface area contributed by atoms with Crippen LogP contribution in [-0.4, -0.2) is 52.5 Å². The van der Waals surface area contributed by atoms with Gasteiger partial charge in [-0.15, -0.1) is 0 Å². The van der Waals surface area contributed by atoms with Gasteiger partial charge in [0.05, 0.1) is 30.2 Å². The highest BCUT2D eigenvalue weighted by Gasteiger charge is 2.36. The van der Waals surface area contributed by atoms with Crippen LogP contribution in [0.5, 0.6) is 5.88 Å². The van der Waals surface area contributed by atoms with Gasteiger partial charge in [-0.1, -0.05) is 6.92 Å². The van der Waals surface area contributed by atoms with E-state index in [0.29, 0.717) is 41.9 Å². The van der Waals surface area contributed by atoms with Gasteiger partial charge in [-0.3, -0.25) is 0 Å². The standard InChI is InChI=1S/C25H26N6O3/c1-25(15-32)14-29-22-17(12-26)10-16(11-19(22)25)20-6-8-28-24(30-20)31-21-5-2-7-27-23(21)34-18-4-3-9-33-13-18/h2,5-8,10-11,18,29,32H,3-4,9,13-15H2,1H3,(H,28,30,31)/t18-,25-/m1/s1. The Morgan fingerprint density at radius 3 is 3.03 bits per heavy atom. The summed E-state index contributed by atoms with van der Waals surface area (Å²) in [6.07, 6.45) is 5.19. The number of nitrogens with zero attached hydrogens (tertiary/aromatic N) is 4. The molecule has 2 atom stereocenters. The fourth-order valence-electron chi connectivity index (χ4n) is 4.31. The third-order valence-corrected chi connectivity index (χ3v) is 6.28. The number of fused-ring (bicyclic) bond motifs is 1. The number of benzene rings is 1. The molecule has 9 heteroatoms. The SMILES string of the molecule is C[C@]1(CO)CNc2c(C#N)cc(-c3ccnc(Nc4cccnc4O[C@@H]4CCCOC4)n3)cc21. The third-order valence-electron chi connectivity index (χ3n) is 6.28. The van der Waals surface area contributed by atoms with Crippen LogP contribution in [0.15, 0.2) is 42.7 Å². The molecule has 1 fully saturated rings. The second kappa shape index (κ2) is 9.25. The van der Waals surface area contributed by atoms with Crippen LogP contribution in [-0.2, 0) is 10.2 Å². The van der Waals surface area contributed by atoms with Gasteiger partial charge in [0, 0.05) is 36.5 Å². The predicted molar refractivity (Wildman–Crippen MR) is 127 cm³/mol. The van der Waals surface area contributed by atoms with Crippen molar-refractivity contribution < 1.29 is 14.6 Å². The Morgan fingerprint density at radius 1 is 1.32 bits per heavy atom. The number of nitriles is 1. The average molecular weight is 459 g/mol. The Hall–Kier alpha value is -3.74. The van der Waals surface area contributed by atoms with E-state index in [1.54, 1.807) is 18.5 Å². The van der Waals surface area contributed by atoms with E-state index in [1.807, 2.05) is 31.2 Å². The number of hydrogen-bond acceptors (Lipinski definition) is 9. The van der Waals surface area contributed by atoms with Crippen molar-refractivity contribution in [3.63, 3.8) is 0 Å². The lowest BCUT2D eigenvalue weighted by Gasteiger charge is -2.23. The molecule has 0 unspecified atom stereocenters. The van der Waals surface area contributed by atoms with E-state index < -0.39 is 5.41 Å². The van der Waals surface area contributed by atoms with Crippen molar-refractivity contribution in [2.75, 3.05) is 37.0 Å². The summed E-state index contributed by atoms with van der Waals surface area (Å²) in [5, 5.41) is 26.1. The number of anilines is 3. The van der Waals surface area contributed by atoms with E-state index in [4.69, 9.17) is 9.47 Å². The van der Waals surface area contributed by atoms with Gasteiger partial charge >= 0.3 is 0 Å². The van der Waals surface area contributed by atoms with Gasteiger partial charge in [0.15, 0.2) is 0 Å². The molecule has 2 aromatic heterocycles. The lowest BCUT2D eigenvalue weighted by Crippen LogP contribution is -2.28. The molecule has 0 saturated carbocycles. The largest absolute Gasteiger partial charge is 0.470 e. The Labute approximate surface area is 197 Å². The fourth-order valence-corrected chi connectivity index (χ4v) is 4.31. The molecule has 2 aliphatic heterocycles. The summed E-state index contributed by atoms with van der Waals surface area (Å²) in [6, 6.07) is 11.5. The molecule has 1 saturated heterocycles. The van der Waals surface area contributed by atoms with Gasteiger partial charge in [-0.05, 0) is 48.7 Å². The third kappa shape index (κ3) is 4.25. The first-order valence-corrected chi connectivity index (χ1v) is 11.3. The molecule has 34 heavy (non-hydrogen) atoms. The van der Waals surface area contributed by atoms with E-state index in [2.05, 4.69) is 31.7 Å². The number of nitrogens with one attached hydrogen (secondary N) is 2. The molecule has 1 aromatic carbocycles. The first kappa shape index (κ1) is 22.1. The summed E-state index contributed by atoms with van der Waals surface area (Å²) in [4.78, 5) is 13.4. The van der Waals surface area contributed by atoms with Gasteiger partial charge in [0.25, 0.3) is 0 Å². The number of rotatable bonds is 6. The highest BCUT2D eigenvalue weighted by atomic mass is 16.5. The van der Waals surface area contributed by atoms with E-state index in [0.717, 1.165) is 36.3 Å². The average Bonchev–Trinajstić information content (AvgIpc) is 3.22. The van der Waals surface area contributed by atoms with Crippen molar-refractivity contribution in [3.05, 3.63) is 53.9 Å². The zero-order chi connectivity index (χ0) is 23.5. The normalized spacial score (nSPS) is 21.3. The number of pyridine rings is 1. The Balaban J connectivity index is 1.44. The maximum absolute atomic E-state index is 9.96. The van der Waals surface area contributed by atoms with Gasteiger partial charge in [-0.25, -0.2) is 15.0 Å². The van der Waals surface area contributed by atoms with Gasteiger partial charge in [0.2, 0.25) is 11.8 Å². The van der Waals surface area contributed by atoms with Crippen molar-refractivity contribution in [2.45, 2.75) is 31.3 Å². The molecule has 0 amide bonds. The molecule has 4 heterocycles. The Kier molecular flexibility index (Phi) is 6.01. The minimum atomic E-state index is -0.462. The minimum absolute atomic E-state index is 0.0201. The smallest absolute Gasteiger partial charge is 0.238 e. The molecule has 0 radical (unpaired) electrons. The highest BCUT2D eigenvalue weighted by Crippen LogP contribution is 2.41. The van der Waals surface area contributed by atoms with Crippen molar-refractivity contribution in [2.24, 2.45) is 0 Å². The second-order valence-corrected chi connectivity index (χ2v) is 8.83.